The lowest BCUT2D eigenvalue weighted by Crippen LogP contribution is -2.14. The molecule has 8 heteroatoms. The highest BCUT2D eigenvalue weighted by Gasteiger charge is 2.27. The van der Waals surface area contributed by atoms with E-state index in [1.807, 2.05) is 0 Å². The van der Waals surface area contributed by atoms with Crippen molar-refractivity contribution in [2.24, 2.45) is 0 Å². The highest BCUT2D eigenvalue weighted by molar-refractivity contribution is 5.88. The van der Waals surface area contributed by atoms with E-state index in [9.17, 15) is 22.4 Å². The van der Waals surface area contributed by atoms with Gasteiger partial charge in [0.05, 0.1) is 13.0 Å². The predicted octanol–water partition coefficient (Wildman–Crippen LogP) is 2.25. The summed E-state index contributed by atoms with van der Waals surface area (Å²) < 4.78 is 53.1. The second-order valence-electron chi connectivity index (χ2n) is 3.00. The average molecular weight is 253 g/mol. The maximum Gasteiger partial charge on any atom is 0.392 e. The molecule has 0 aliphatic carbocycles. The van der Waals surface area contributed by atoms with Crippen molar-refractivity contribution in [1.82, 2.24) is 4.98 Å². The predicted molar refractivity (Wildman–Crippen MR) is 47.3 cm³/mol. The second-order valence-corrected chi connectivity index (χ2v) is 3.00. The minimum Gasteiger partial charge on any atom is -0.478 e. The number of hydrogen-bond donors (Lipinski definition) is 1. The molecule has 0 saturated carbocycles. The van der Waals surface area contributed by atoms with E-state index in [-0.39, 0.29) is 0 Å². The monoisotopic (exact) mass is 253 g/mol. The number of carboxylic acids is 1. The van der Waals surface area contributed by atoms with Gasteiger partial charge >= 0.3 is 12.1 Å². The summed E-state index contributed by atoms with van der Waals surface area (Å²) in [5, 5.41) is 8.54. The zero-order chi connectivity index (χ0) is 13.1. The van der Waals surface area contributed by atoms with Crippen molar-refractivity contribution >= 4 is 5.97 Å². The first kappa shape index (κ1) is 13.2. The van der Waals surface area contributed by atoms with Crippen molar-refractivity contribution in [1.29, 1.82) is 0 Å². The molecular formula is C9H7F4NO3. The molecule has 0 radical (unpaired) electrons. The lowest BCUT2D eigenvalue weighted by Gasteiger charge is -2.09. The Morgan fingerprint density at radius 2 is 2.12 bits per heavy atom. The van der Waals surface area contributed by atoms with E-state index in [2.05, 4.69) is 9.72 Å². The third-order valence-corrected chi connectivity index (χ3v) is 1.71. The van der Waals surface area contributed by atoms with Gasteiger partial charge in [-0.05, 0) is 6.07 Å². The fourth-order valence-corrected chi connectivity index (χ4v) is 0.954. The average Bonchev–Trinajstić information content (AvgIpc) is 2.18. The van der Waals surface area contributed by atoms with Crippen LogP contribution in [0.1, 0.15) is 16.8 Å². The SMILES string of the molecule is O=C(O)c1ccnc(OCCC(F)(F)F)c1F. The summed E-state index contributed by atoms with van der Waals surface area (Å²) in [7, 11) is 0. The van der Waals surface area contributed by atoms with Crippen LogP contribution in [0, 0.1) is 5.82 Å². The zero-order valence-electron chi connectivity index (χ0n) is 8.29. The molecule has 1 rings (SSSR count). The van der Waals surface area contributed by atoms with Gasteiger partial charge in [-0.15, -0.1) is 0 Å². The number of ether oxygens (including phenoxy) is 1. The van der Waals surface area contributed by atoms with Crippen LogP contribution in [0.5, 0.6) is 5.88 Å². The van der Waals surface area contributed by atoms with Crippen LogP contribution >= 0.6 is 0 Å². The summed E-state index contributed by atoms with van der Waals surface area (Å²) >= 11 is 0. The number of halogens is 4. The highest BCUT2D eigenvalue weighted by atomic mass is 19.4. The van der Waals surface area contributed by atoms with Gasteiger partial charge in [0.1, 0.15) is 5.56 Å². The van der Waals surface area contributed by atoms with Crippen LogP contribution in [0.15, 0.2) is 12.3 Å². The van der Waals surface area contributed by atoms with Crippen LogP contribution in [0.3, 0.4) is 0 Å². The number of alkyl halides is 3. The van der Waals surface area contributed by atoms with Crippen LogP contribution < -0.4 is 4.74 Å². The third-order valence-electron chi connectivity index (χ3n) is 1.71. The smallest absolute Gasteiger partial charge is 0.392 e. The Balaban J connectivity index is 2.72. The van der Waals surface area contributed by atoms with E-state index in [0.717, 1.165) is 12.3 Å². The molecule has 1 heterocycles. The van der Waals surface area contributed by atoms with Gasteiger partial charge in [-0.2, -0.15) is 13.2 Å². The molecule has 1 aromatic heterocycles. The Labute approximate surface area is 92.8 Å². The van der Waals surface area contributed by atoms with Gasteiger partial charge in [-0.1, -0.05) is 0 Å². The molecule has 0 aliphatic heterocycles. The Morgan fingerprint density at radius 1 is 1.47 bits per heavy atom. The molecule has 0 unspecified atom stereocenters. The standard InChI is InChI=1S/C9H7F4NO3/c10-6-5(8(15)16)1-3-14-7(6)17-4-2-9(11,12)13/h1,3H,2,4H2,(H,15,16). The minimum atomic E-state index is -4.43. The van der Waals surface area contributed by atoms with Crippen molar-refractivity contribution in [3.63, 3.8) is 0 Å². The third kappa shape index (κ3) is 3.89. The Kier molecular flexibility index (Phi) is 3.87. The molecule has 0 fully saturated rings. The van der Waals surface area contributed by atoms with Crippen molar-refractivity contribution < 1.29 is 32.2 Å². The van der Waals surface area contributed by atoms with Crippen LogP contribution in [0.2, 0.25) is 0 Å². The van der Waals surface area contributed by atoms with Crippen LogP contribution in [-0.2, 0) is 0 Å². The van der Waals surface area contributed by atoms with E-state index in [0.29, 0.717) is 0 Å². The van der Waals surface area contributed by atoms with E-state index >= 15 is 0 Å². The van der Waals surface area contributed by atoms with Gasteiger partial charge in [-0.3, -0.25) is 0 Å². The van der Waals surface area contributed by atoms with Crippen molar-refractivity contribution in [2.45, 2.75) is 12.6 Å². The number of aromatic nitrogens is 1. The maximum absolute atomic E-state index is 13.3. The van der Waals surface area contributed by atoms with E-state index < -0.39 is 42.4 Å². The molecule has 0 bridgehead atoms. The molecule has 17 heavy (non-hydrogen) atoms. The van der Waals surface area contributed by atoms with Crippen molar-refractivity contribution in [3.05, 3.63) is 23.6 Å². The highest BCUT2D eigenvalue weighted by Crippen LogP contribution is 2.21. The fourth-order valence-electron chi connectivity index (χ4n) is 0.954. The molecule has 0 amide bonds. The summed E-state index contributed by atoms with van der Waals surface area (Å²) in [4.78, 5) is 13.8. The number of carbonyl (C=O) groups is 1. The Morgan fingerprint density at radius 3 is 2.65 bits per heavy atom. The normalized spacial score (nSPS) is 11.3. The Hall–Kier alpha value is -1.86. The van der Waals surface area contributed by atoms with Gasteiger partial charge in [0.2, 0.25) is 0 Å². The number of nitrogens with zero attached hydrogens (tertiary/aromatic N) is 1. The minimum absolute atomic E-state index is 0.706. The quantitative estimate of drug-likeness (QED) is 0.836. The van der Waals surface area contributed by atoms with Crippen LogP contribution in [0.4, 0.5) is 17.6 Å². The van der Waals surface area contributed by atoms with E-state index in [1.54, 1.807) is 0 Å². The lowest BCUT2D eigenvalue weighted by atomic mass is 10.2. The number of rotatable bonds is 4. The number of pyridine rings is 1. The Bertz CT molecular complexity index is 419. The molecule has 0 aromatic carbocycles. The van der Waals surface area contributed by atoms with Crippen LogP contribution in [-0.4, -0.2) is 28.8 Å². The van der Waals surface area contributed by atoms with Crippen molar-refractivity contribution in [2.75, 3.05) is 6.61 Å². The molecule has 0 aliphatic rings. The van der Waals surface area contributed by atoms with Gasteiger partial charge in [0, 0.05) is 6.20 Å². The van der Waals surface area contributed by atoms with Crippen molar-refractivity contribution in [3.8, 4) is 5.88 Å². The first-order chi connectivity index (χ1) is 7.81. The number of carboxylic acid groups (broad SMARTS) is 1. The van der Waals surface area contributed by atoms with E-state index in [1.165, 1.54) is 0 Å². The summed E-state index contributed by atoms with van der Waals surface area (Å²) in [6.45, 7) is -0.823. The maximum atomic E-state index is 13.3. The summed E-state index contributed by atoms with van der Waals surface area (Å²) in [6, 6.07) is 0.883. The molecule has 0 atom stereocenters. The summed E-state index contributed by atoms with van der Waals surface area (Å²) in [6.07, 6.45) is -4.76. The zero-order valence-corrected chi connectivity index (χ0v) is 8.29. The van der Waals surface area contributed by atoms with Gasteiger partial charge in [0.15, 0.2) is 5.82 Å². The summed E-state index contributed by atoms with van der Waals surface area (Å²) in [5.74, 6) is -3.60. The van der Waals surface area contributed by atoms with Gasteiger partial charge in [-0.25, -0.2) is 14.2 Å². The molecule has 1 aromatic rings. The molecule has 1 N–H and O–H groups in total. The molecule has 0 saturated heterocycles. The fraction of sp³-hybridized carbons (Fsp3) is 0.333. The largest absolute Gasteiger partial charge is 0.478 e. The number of aromatic carboxylic acids is 1. The topological polar surface area (TPSA) is 59.4 Å². The van der Waals surface area contributed by atoms with E-state index in [4.69, 9.17) is 5.11 Å². The molecule has 0 spiro atoms. The molecule has 4 nitrogen and oxygen atoms in total. The van der Waals surface area contributed by atoms with Gasteiger partial charge in [0.25, 0.3) is 5.88 Å². The second kappa shape index (κ2) is 4.98. The molecular weight excluding hydrogens is 246 g/mol. The number of hydrogen-bond acceptors (Lipinski definition) is 3. The first-order valence-corrected chi connectivity index (χ1v) is 4.38. The molecule has 94 valence electrons. The summed E-state index contributed by atoms with van der Waals surface area (Å²) in [5.41, 5.74) is -0.706. The van der Waals surface area contributed by atoms with Gasteiger partial charge < -0.3 is 9.84 Å². The lowest BCUT2D eigenvalue weighted by molar-refractivity contribution is -0.139. The first-order valence-electron chi connectivity index (χ1n) is 4.38. The van der Waals surface area contributed by atoms with Crippen LogP contribution in [0.25, 0.3) is 0 Å².